The lowest BCUT2D eigenvalue weighted by Crippen LogP contribution is -2.48. The topological polar surface area (TPSA) is 36.4 Å². The Bertz CT molecular complexity index is 462. The third-order valence-corrected chi connectivity index (χ3v) is 5.60. The molecule has 1 aromatic heterocycles. The number of carbonyl (C=O) groups is 1. The number of likely N-dealkylation sites (tertiary alicyclic amines) is 2. The van der Waals surface area contributed by atoms with Crippen LogP contribution < -0.4 is 0 Å². The van der Waals surface area contributed by atoms with Gasteiger partial charge in [-0.1, -0.05) is 6.92 Å². The third kappa shape index (κ3) is 3.29. The van der Waals surface area contributed by atoms with Crippen molar-refractivity contribution in [2.24, 2.45) is 0 Å². The van der Waals surface area contributed by atoms with E-state index in [1.165, 1.54) is 32.2 Å². The maximum absolute atomic E-state index is 12.6. The molecule has 3 heterocycles. The van der Waals surface area contributed by atoms with Crippen molar-refractivity contribution in [2.45, 2.75) is 57.5 Å². The van der Waals surface area contributed by atoms with Crippen LogP contribution in [-0.4, -0.2) is 52.4 Å². The molecule has 0 aromatic carbocycles. The van der Waals surface area contributed by atoms with Gasteiger partial charge in [-0.2, -0.15) is 0 Å². The van der Waals surface area contributed by atoms with Crippen LogP contribution in [0.15, 0.2) is 10.9 Å². The van der Waals surface area contributed by atoms with E-state index in [0.29, 0.717) is 24.4 Å². The van der Waals surface area contributed by atoms with Gasteiger partial charge in [0.1, 0.15) is 0 Å². The molecule has 116 valence electrons. The Labute approximate surface area is 131 Å². The van der Waals surface area contributed by atoms with Crippen molar-refractivity contribution in [1.82, 2.24) is 14.8 Å². The van der Waals surface area contributed by atoms with Gasteiger partial charge in [0.25, 0.3) is 0 Å². The van der Waals surface area contributed by atoms with Crippen molar-refractivity contribution in [1.29, 1.82) is 0 Å². The number of thiazole rings is 1. The van der Waals surface area contributed by atoms with Crippen molar-refractivity contribution in [3.05, 3.63) is 16.6 Å². The second kappa shape index (κ2) is 6.88. The smallest absolute Gasteiger partial charge is 0.223 e. The summed E-state index contributed by atoms with van der Waals surface area (Å²) in [6.07, 6.45) is 6.29. The van der Waals surface area contributed by atoms with Gasteiger partial charge in [-0.25, -0.2) is 4.98 Å². The number of rotatable bonds is 5. The largest absolute Gasteiger partial charge is 0.338 e. The Morgan fingerprint density at radius 1 is 1.33 bits per heavy atom. The summed E-state index contributed by atoms with van der Waals surface area (Å²) in [4.78, 5) is 21.6. The van der Waals surface area contributed by atoms with E-state index >= 15 is 0 Å². The van der Waals surface area contributed by atoms with Crippen molar-refractivity contribution < 1.29 is 4.79 Å². The van der Waals surface area contributed by atoms with Gasteiger partial charge in [-0.15, -0.1) is 11.3 Å². The quantitative estimate of drug-likeness (QED) is 0.839. The summed E-state index contributed by atoms with van der Waals surface area (Å²) < 4.78 is 0. The molecule has 1 aromatic rings. The Hall–Kier alpha value is -0.940. The van der Waals surface area contributed by atoms with E-state index in [1.807, 2.05) is 10.9 Å². The lowest BCUT2D eigenvalue weighted by molar-refractivity contribution is -0.133. The average Bonchev–Trinajstić information content (AvgIpc) is 3.23. The molecule has 0 saturated carbocycles. The fourth-order valence-corrected chi connectivity index (χ4v) is 4.51. The van der Waals surface area contributed by atoms with Crippen LogP contribution in [0.25, 0.3) is 0 Å². The first-order chi connectivity index (χ1) is 10.3. The highest BCUT2D eigenvalue weighted by Crippen LogP contribution is 2.30. The minimum atomic E-state index is 0.327. The first-order valence-electron chi connectivity index (χ1n) is 8.20. The molecule has 0 aliphatic carbocycles. The molecule has 5 heteroatoms. The first-order valence-corrected chi connectivity index (χ1v) is 9.14. The number of carbonyl (C=O) groups excluding carboxylic acids is 1. The molecule has 0 unspecified atom stereocenters. The van der Waals surface area contributed by atoms with E-state index in [2.05, 4.69) is 21.7 Å². The van der Waals surface area contributed by atoms with Crippen LogP contribution in [0.4, 0.5) is 0 Å². The van der Waals surface area contributed by atoms with Crippen molar-refractivity contribution >= 4 is 17.2 Å². The molecule has 2 atom stereocenters. The van der Waals surface area contributed by atoms with Gasteiger partial charge in [0.15, 0.2) is 0 Å². The Kier molecular flexibility index (Phi) is 4.91. The Morgan fingerprint density at radius 3 is 2.90 bits per heavy atom. The molecule has 0 N–H and O–H groups in total. The molecule has 2 aliphatic rings. The average molecular weight is 307 g/mol. The highest BCUT2D eigenvalue weighted by atomic mass is 32.1. The minimum Gasteiger partial charge on any atom is -0.338 e. The van der Waals surface area contributed by atoms with Crippen LogP contribution in [0.2, 0.25) is 0 Å². The highest BCUT2D eigenvalue weighted by molar-refractivity contribution is 7.07. The number of likely N-dealkylation sites (N-methyl/N-ethyl adjacent to an activating group) is 1. The third-order valence-electron chi connectivity index (χ3n) is 4.96. The summed E-state index contributed by atoms with van der Waals surface area (Å²) in [7, 11) is 0. The summed E-state index contributed by atoms with van der Waals surface area (Å²) in [5.41, 5.74) is 2.90. The zero-order valence-electron chi connectivity index (χ0n) is 12.8. The predicted molar refractivity (Wildman–Crippen MR) is 85.4 cm³/mol. The fraction of sp³-hybridized carbons (Fsp3) is 0.750. The Balaban J connectivity index is 1.59. The molecule has 2 saturated heterocycles. The van der Waals surface area contributed by atoms with E-state index in [1.54, 1.807) is 11.3 Å². The maximum atomic E-state index is 12.6. The number of nitrogens with zero attached hydrogens (tertiary/aromatic N) is 3. The van der Waals surface area contributed by atoms with E-state index < -0.39 is 0 Å². The van der Waals surface area contributed by atoms with E-state index in [0.717, 1.165) is 25.2 Å². The lowest BCUT2D eigenvalue weighted by Gasteiger charge is -2.34. The second-order valence-corrected chi connectivity index (χ2v) is 6.83. The number of hydrogen-bond donors (Lipinski definition) is 0. The normalized spacial score (nSPS) is 26.6. The number of aromatic nitrogens is 1. The highest BCUT2D eigenvalue weighted by Gasteiger charge is 2.38. The molecule has 3 rings (SSSR count). The maximum Gasteiger partial charge on any atom is 0.223 e. The summed E-state index contributed by atoms with van der Waals surface area (Å²) >= 11 is 1.61. The van der Waals surface area contributed by atoms with Gasteiger partial charge in [0, 0.05) is 30.4 Å². The van der Waals surface area contributed by atoms with Crippen LogP contribution in [0, 0.1) is 0 Å². The predicted octanol–water partition coefficient (Wildman–Crippen LogP) is 2.55. The molecule has 0 radical (unpaired) electrons. The summed E-state index contributed by atoms with van der Waals surface area (Å²) in [6.45, 7) is 5.51. The first kappa shape index (κ1) is 15.0. The van der Waals surface area contributed by atoms with Crippen molar-refractivity contribution in [2.75, 3.05) is 19.6 Å². The molecular formula is C16H25N3OS. The van der Waals surface area contributed by atoms with Crippen LogP contribution in [0.3, 0.4) is 0 Å². The number of hydrogen-bond acceptors (Lipinski definition) is 4. The van der Waals surface area contributed by atoms with Crippen LogP contribution in [0.1, 0.15) is 44.7 Å². The van der Waals surface area contributed by atoms with Gasteiger partial charge >= 0.3 is 0 Å². The van der Waals surface area contributed by atoms with E-state index in [9.17, 15) is 4.79 Å². The summed E-state index contributed by atoms with van der Waals surface area (Å²) in [5, 5.41) is 2.05. The number of amides is 1. The van der Waals surface area contributed by atoms with Crippen molar-refractivity contribution in [3.8, 4) is 0 Å². The van der Waals surface area contributed by atoms with E-state index in [4.69, 9.17) is 0 Å². The molecule has 0 bridgehead atoms. The molecule has 0 spiro atoms. The Morgan fingerprint density at radius 2 is 2.14 bits per heavy atom. The van der Waals surface area contributed by atoms with Crippen LogP contribution in [0.5, 0.6) is 0 Å². The molecule has 2 fully saturated rings. The fourth-order valence-electron chi connectivity index (χ4n) is 3.92. The molecule has 21 heavy (non-hydrogen) atoms. The van der Waals surface area contributed by atoms with Gasteiger partial charge in [-0.05, 0) is 45.2 Å². The minimum absolute atomic E-state index is 0.327. The van der Waals surface area contributed by atoms with Crippen LogP contribution in [-0.2, 0) is 11.2 Å². The lowest BCUT2D eigenvalue weighted by atomic mass is 10.0. The van der Waals surface area contributed by atoms with Gasteiger partial charge in [0.05, 0.1) is 11.2 Å². The molecule has 1 amide bonds. The summed E-state index contributed by atoms with van der Waals surface area (Å²) in [6, 6.07) is 1.05. The van der Waals surface area contributed by atoms with Gasteiger partial charge in [0.2, 0.25) is 5.91 Å². The zero-order valence-corrected chi connectivity index (χ0v) is 13.6. The monoisotopic (exact) mass is 307 g/mol. The molecule has 2 aliphatic heterocycles. The van der Waals surface area contributed by atoms with Crippen LogP contribution >= 0.6 is 11.3 Å². The molecular weight excluding hydrogens is 282 g/mol. The second-order valence-electron chi connectivity index (χ2n) is 6.11. The zero-order chi connectivity index (χ0) is 14.7. The SMILES string of the molecule is CCN1CCC[C@@H]1[C@@H]1CCCN1C(=O)CCc1cscn1. The molecule has 4 nitrogen and oxygen atoms in total. The van der Waals surface area contributed by atoms with Crippen molar-refractivity contribution in [3.63, 3.8) is 0 Å². The summed E-state index contributed by atoms with van der Waals surface area (Å²) in [5.74, 6) is 0.327. The van der Waals surface area contributed by atoms with E-state index in [-0.39, 0.29) is 0 Å². The number of aryl methyl sites for hydroxylation is 1. The van der Waals surface area contributed by atoms with Gasteiger partial charge in [-0.3, -0.25) is 9.69 Å². The van der Waals surface area contributed by atoms with Gasteiger partial charge < -0.3 is 4.90 Å². The standard InChI is InChI=1S/C16H25N3OS/c1-2-18-9-3-5-14(18)15-6-4-10-19(15)16(20)8-7-13-11-21-12-17-13/h11-12,14-15H,2-10H2,1H3/t14-,15+/m1/s1.